The molecule has 2 atom stereocenters. The molecule has 0 spiro atoms. The number of halogens is 3. The molecule has 2 heterocycles. The molecule has 11 heteroatoms. The summed E-state index contributed by atoms with van der Waals surface area (Å²) in [6, 6.07) is 0. The van der Waals surface area contributed by atoms with E-state index in [2.05, 4.69) is 10.4 Å². The molecule has 1 aromatic heterocycles. The SMILES string of the molecule is O=C(O)CCOCCC1CCOC1Nc1cn[nH]c(=O)c1C(F)(F)F. The van der Waals surface area contributed by atoms with E-state index in [0.717, 1.165) is 6.20 Å². The minimum absolute atomic E-state index is 0.0667. The van der Waals surface area contributed by atoms with E-state index in [1.54, 1.807) is 5.10 Å². The van der Waals surface area contributed by atoms with Gasteiger partial charge < -0.3 is 19.9 Å². The molecule has 8 nitrogen and oxygen atoms in total. The van der Waals surface area contributed by atoms with Crippen molar-refractivity contribution in [3.63, 3.8) is 0 Å². The van der Waals surface area contributed by atoms with E-state index in [-0.39, 0.29) is 25.6 Å². The van der Waals surface area contributed by atoms with Gasteiger partial charge in [0.15, 0.2) is 0 Å². The standard InChI is InChI=1S/C14H18F3N3O5/c15-14(16,17)11-9(7-18-20-12(11)23)19-13-8(2-6-25-13)1-4-24-5-3-10(21)22/h7-8,13H,1-6H2,(H,21,22)(H2,19,20,23). The topological polar surface area (TPSA) is 114 Å². The van der Waals surface area contributed by atoms with E-state index in [9.17, 15) is 22.8 Å². The molecule has 2 unspecified atom stereocenters. The Labute approximate surface area is 140 Å². The fourth-order valence-electron chi connectivity index (χ4n) is 2.53. The number of ether oxygens (including phenoxy) is 2. The Kier molecular flexibility index (Phi) is 6.37. The average molecular weight is 365 g/mol. The highest BCUT2D eigenvalue weighted by molar-refractivity contribution is 5.66. The number of aliphatic carboxylic acids is 1. The largest absolute Gasteiger partial charge is 0.481 e. The molecule has 0 aliphatic carbocycles. The molecule has 1 aliphatic rings. The normalized spacial score (nSPS) is 20.6. The number of anilines is 1. The number of aromatic nitrogens is 2. The number of carbonyl (C=O) groups is 1. The Morgan fingerprint density at radius 1 is 1.48 bits per heavy atom. The maximum absolute atomic E-state index is 13.0. The monoisotopic (exact) mass is 365 g/mol. The van der Waals surface area contributed by atoms with Gasteiger partial charge in [0.05, 0.1) is 24.9 Å². The summed E-state index contributed by atoms with van der Waals surface area (Å²) >= 11 is 0. The number of hydrogen-bond donors (Lipinski definition) is 3. The summed E-state index contributed by atoms with van der Waals surface area (Å²) in [6.45, 7) is 0.686. The van der Waals surface area contributed by atoms with Crippen molar-refractivity contribution in [2.75, 3.05) is 25.1 Å². The van der Waals surface area contributed by atoms with Crippen LogP contribution in [0.4, 0.5) is 18.9 Å². The second kappa shape index (κ2) is 8.30. The van der Waals surface area contributed by atoms with E-state index in [4.69, 9.17) is 14.6 Å². The first-order chi connectivity index (χ1) is 11.8. The molecule has 1 aromatic rings. The third kappa shape index (κ3) is 5.43. The molecule has 2 rings (SSSR count). The van der Waals surface area contributed by atoms with Gasteiger partial charge in [-0.3, -0.25) is 9.59 Å². The number of rotatable bonds is 8. The number of nitrogens with one attached hydrogen (secondary N) is 2. The lowest BCUT2D eigenvalue weighted by Gasteiger charge is -2.22. The minimum atomic E-state index is -4.83. The lowest BCUT2D eigenvalue weighted by molar-refractivity contribution is -0.139. The molecule has 1 fully saturated rings. The number of carboxylic acids is 1. The summed E-state index contributed by atoms with van der Waals surface area (Å²) in [5.41, 5.74) is -3.13. The van der Waals surface area contributed by atoms with E-state index in [1.807, 2.05) is 0 Å². The summed E-state index contributed by atoms with van der Waals surface area (Å²) in [7, 11) is 0. The minimum Gasteiger partial charge on any atom is -0.481 e. The van der Waals surface area contributed by atoms with Crippen molar-refractivity contribution in [1.29, 1.82) is 0 Å². The Bertz CT molecular complexity index is 649. The highest BCUT2D eigenvalue weighted by Crippen LogP contribution is 2.33. The van der Waals surface area contributed by atoms with Crippen LogP contribution in [0.5, 0.6) is 0 Å². The second-order valence-corrected chi connectivity index (χ2v) is 5.51. The zero-order valence-electron chi connectivity index (χ0n) is 13.1. The van der Waals surface area contributed by atoms with Crippen molar-refractivity contribution in [3.05, 3.63) is 22.1 Å². The fourth-order valence-corrected chi connectivity index (χ4v) is 2.53. The van der Waals surface area contributed by atoms with Crippen LogP contribution in [0.3, 0.4) is 0 Å². The lowest BCUT2D eigenvalue weighted by Crippen LogP contribution is -2.31. The van der Waals surface area contributed by atoms with Crippen molar-refractivity contribution >= 4 is 11.7 Å². The van der Waals surface area contributed by atoms with E-state index >= 15 is 0 Å². The Morgan fingerprint density at radius 2 is 2.24 bits per heavy atom. The predicted molar refractivity (Wildman–Crippen MR) is 79.0 cm³/mol. The molecule has 1 saturated heterocycles. The first-order valence-corrected chi connectivity index (χ1v) is 7.61. The van der Waals surface area contributed by atoms with Crippen LogP contribution in [0, 0.1) is 5.92 Å². The summed E-state index contributed by atoms with van der Waals surface area (Å²) in [4.78, 5) is 21.8. The first kappa shape index (κ1) is 19.2. The van der Waals surface area contributed by atoms with Crippen LogP contribution >= 0.6 is 0 Å². The zero-order valence-corrected chi connectivity index (χ0v) is 13.1. The van der Waals surface area contributed by atoms with Gasteiger partial charge in [-0.25, -0.2) is 5.10 Å². The van der Waals surface area contributed by atoms with E-state index in [0.29, 0.717) is 19.4 Å². The number of H-pyrrole nitrogens is 1. The van der Waals surface area contributed by atoms with E-state index in [1.165, 1.54) is 0 Å². The molecule has 0 aromatic carbocycles. The van der Waals surface area contributed by atoms with Gasteiger partial charge in [-0.05, 0) is 12.8 Å². The van der Waals surface area contributed by atoms with Crippen LogP contribution in [-0.4, -0.2) is 47.3 Å². The molecular weight excluding hydrogens is 347 g/mol. The van der Waals surface area contributed by atoms with Crippen molar-refractivity contribution < 1.29 is 32.5 Å². The molecule has 25 heavy (non-hydrogen) atoms. The third-order valence-electron chi connectivity index (χ3n) is 3.74. The Balaban J connectivity index is 1.97. The zero-order chi connectivity index (χ0) is 18.4. The molecule has 0 radical (unpaired) electrons. The highest BCUT2D eigenvalue weighted by atomic mass is 19.4. The molecule has 0 amide bonds. The summed E-state index contributed by atoms with van der Waals surface area (Å²) in [5.74, 6) is -1.10. The molecule has 140 valence electrons. The van der Waals surface area contributed by atoms with Crippen molar-refractivity contribution in [1.82, 2.24) is 10.2 Å². The average Bonchev–Trinajstić information content (AvgIpc) is 2.92. The molecule has 3 N–H and O–H groups in total. The molecular formula is C14H18F3N3O5. The predicted octanol–water partition coefficient (Wildman–Crippen LogP) is 1.44. The summed E-state index contributed by atoms with van der Waals surface area (Å²) in [6.07, 6.45) is -3.67. The Morgan fingerprint density at radius 3 is 2.92 bits per heavy atom. The maximum atomic E-state index is 13.0. The van der Waals surface area contributed by atoms with Gasteiger partial charge in [-0.15, -0.1) is 0 Å². The van der Waals surface area contributed by atoms with Crippen LogP contribution in [0.25, 0.3) is 0 Å². The van der Waals surface area contributed by atoms with Gasteiger partial charge in [-0.1, -0.05) is 0 Å². The summed E-state index contributed by atoms with van der Waals surface area (Å²) < 4.78 is 49.7. The van der Waals surface area contributed by atoms with Gasteiger partial charge >= 0.3 is 12.1 Å². The van der Waals surface area contributed by atoms with Crippen LogP contribution in [0.15, 0.2) is 11.0 Å². The first-order valence-electron chi connectivity index (χ1n) is 7.61. The maximum Gasteiger partial charge on any atom is 0.423 e. The van der Waals surface area contributed by atoms with Gasteiger partial charge in [0.25, 0.3) is 5.56 Å². The van der Waals surface area contributed by atoms with Gasteiger partial charge in [-0.2, -0.15) is 18.3 Å². The van der Waals surface area contributed by atoms with Crippen LogP contribution < -0.4 is 10.9 Å². The number of alkyl halides is 3. The smallest absolute Gasteiger partial charge is 0.423 e. The van der Waals surface area contributed by atoms with Crippen molar-refractivity contribution in [3.8, 4) is 0 Å². The summed E-state index contributed by atoms with van der Waals surface area (Å²) in [5, 5.41) is 16.3. The number of hydrogen-bond acceptors (Lipinski definition) is 6. The molecule has 1 aliphatic heterocycles. The lowest BCUT2D eigenvalue weighted by atomic mass is 10.0. The van der Waals surface area contributed by atoms with Gasteiger partial charge in [0.2, 0.25) is 0 Å². The highest BCUT2D eigenvalue weighted by Gasteiger charge is 2.39. The van der Waals surface area contributed by atoms with Gasteiger partial charge in [0.1, 0.15) is 11.8 Å². The third-order valence-corrected chi connectivity index (χ3v) is 3.74. The number of carboxylic acid groups (broad SMARTS) is 1. The fraction of sp³-hybridized carbons (Fsp3) is 0.643. The number of aromatic amines is 1. The molecule has 0 saturated carbocycles. The number of nitrogens with zero attached hydrogens (tertiary/aromatic N) is 1. The van der Waals surface area contributed by atoms with Crippen molar-refractivity contribution in [2.45, 2.75) is 31.7 Å². The van der Waals surface area contributed by atoms with Crippen LogP contribution in [-0.2, 0) is 20.4 Å². The molecule has 0 bridgehead atoms. The van der Waals surface area contributed by atoms with Gasteiger partial charge in [0, 0.05) is 19.1 Å². The Hall–Kier alpha value is -2.14. The van der Waals surface area contributed by atoms with Crippen LogP contribution in [0.2, 0.25) is 0 Å². The quantitative estimate of drug-likeness (QED) is 0.598. The van der Waals surface area contributed by atoms with Crippen molar-refractivity contribution in [2.24, 2.45) is 5.92 Å². The van der Waals surface area contributed by atoms with Crippen LogP contribution in [0.1, 0.15) is 24.8 Å². The second-order valence-electron chi connectivity index (χ2n) is 5.51. The van der Waals surface area contributed by atoms with E-state index < -0.39 is 35.2 Å².